The first-order valence-corrected chi connectivity index (χ1v) is 8.60. The Morgan fingerprint density at radius 2 is 1.22 bits per heavy atom. The van der Waals surface area contributed by atoms with E-state index in [1.54, 1.807) is 6.20 Å². The van der Waals surface area contributed by atoms with E-state index in [1.807, 2.05) is 91.0 Å². The lowest BCUT2D eigenvalue weighted by Crippen LogP contribution is -2.00. The van der Waals surface area contributed by atoms with Crippen molar-refractivity contribution in [1.82, 2.24) is 9.97 Å². The molecule has 0 aliphatic rings. The third-order valence-electron chi connectivity index (χ3n) is 3.79. The molecule has 1 heterocycles. The van der Waals surface area contributed by atoms with Crippen molar-refractivity contribution in [1.29, 1.82) is 0 Å². The van der Waals surface area contributed by atoms with E-state index < -0.39 is 0 Å². The summed E-state index contributed by atoms with van der Waals surface area (Å²) in [7, 11) is 0. The molecule has 0 spiro atoms. The second kappa shape index (κ2) is 8.01. The topological polar surface area (TPSA) is 59.1 Å². The summed E-state index contributed by atoms with van der Waals surface area (Å²) in [5.41, 5.74) is 1.86. The zero-order chi connectivity index (χ0) is 18.3. The Hall–Kier alpha value is -3.86. The van der Waals surface area contributed by atoms with Crippen molar-refractivity contribution >= 4 is 23.1 Å². The molecule has 5 nitrogen and oxygen atoms in total. The summed E-state index contributed by atoms with van der Waals surface area (Å²) >= 11 is 0. The van der Waals surface area contributed by atoms with E-state index in [0.29, 0.717) is 11.8 Å². The molecule has 2 N–H and O–H groups in total. The molecular formula is C22H18N4O. The lowest BCUT2D eigenvalue weighted by Gasteiger charge is -2.10. The van der Waals surface area contributed by atoms with Gasteiger partial charge in [-0.2, -0.15) is 4.98 Å². The van der Waals surface area contributed by atoms with Gasteiger partial charge in [0.15, 0.2) is 0 Å². The Balaban J connectivity index is 1.42. The highest BCUT2D eigenvalue weighted by Crippen LogP contribution is 2.24. The summed E-state index contributed by atoms with van der Waals surface area (Å²) in [5.74, 6) is 2.84. The van der Waals surface area contributed by atoms with Gasteiger partial charge < -0.3 is 15.4 Å². The summed E-state index contributed by atoms with van der Waals surface area (Å²) in [4.78, 5) is 8.74. The molecule has 4 rings (SSSR count). The molecule has 0 radical (unpaired) electrons. The van der Waals surface area contributed by atoms with Crippen molar-refractivity contribution in [3.05, 3.63) is 97.2 Å². The van der Waals surface area contributed by atoms with Crippen molar-refractivity contribution < 1.29 is 4.74 Å². The quantitative estimate of drug-likeness (QED) is 0.461. The van der Waals surface area contributed by atoms with Gasteiger partial charge in [0, 0.05) is 17.6 Å². The molecule has 0 unspecified atom stereocenters. The standard InChI is InChI=1S/C22H18N4O/c1-3-7-17(8-4-1)25-22-23-16-15-21(26-22)24-18-11-13-20(14-12-18)27-19-9-5-2-6-10-19/h1-16H,(H2,23,24,25,26). The van der Waals surface area contributed by atoms with Crippen LogP contribution < -0.4 is 15.4 Å². The Labute approximate surface area is 157 Å². The number of ether oxygens (including phenoxy) is 1. The summed E-state index contributed by atoms with van der Waals surface area (Å²) in [6.07, 6.45) is 1.72. The maximum Gasteiger partial charge on any atom is 0.229 e. The second-order valence-electron chi connectivity index (χ2n) is 5.82. The van der Waals surface area contributed by atoms with E-state index >= 15 is 0 Å². The first-order chi connectivity index (χ1) is 13.3. The third-order valence-corrected chi connectivity index (χ3v) is 3.79. The van der Waals surface area contributed by atoms with Gasteiger partial charge in [0.25, 0.3) is 0 Å². The van der Waals surface area contributed by atoms with Crippen LogP contribution in [0.2, 0.25) is 0 Å². The summed E-state index contributed by atoms with van der Waals surface area (Å²) in [6, 6.07) is 29.1. The number of hydrogen-bond donors (Lipinski definition) is 2. The van der Waals surface area contributed by atoms with Crippen LogP contribution >= 0.6 is 0 Å². The molecule has 0 saturated heterocycles. The molecule has 4 aromatic rings. The SMILES string of the molecule is c1ccc(Nc2nccc(Nc3ccc(Oc4ccccc4)cc3)n2)cc1. The van der Waals surface area contributed by atoms with Crippen LogP contribution in [-0.4, -0.2) is 9.97 Å². The number of nitrogens with zero attached hydrogens (tertiary/aromatic N) is 2. The zero-order valence-electron chi connectivity index (χ0n) is 14.5. The minimum atomic E-state index is 0.537. The molecule has 0 saturated carbocycles. The van der Waals surface area contributed by atoms with E-state index in [-0.39, 0.29) is 0 Å². The van der Waals surface area contributed by atoms with Crippen LogP contribution in [0.4, 0.5) is 23.1 Å². The van der Waals surface area contributed by atoms with Gasteiger partial charge in [0.1, 0.15) is 17.3 Å². The Kier molecular flexibility index (Phi) is 4.93. The van der Waals surface area contributed by atoms with Crippen molar-refractivity contribution in [3.8, 4) is 11.5 Å². The Morgan fingerprint density at radius 3 is 1.96 bits per heavy atom. The van der Waals surface area contributed by atoms with Crippen LogP contribution in [0.1, 0.15) is 0 Å². The first-order valence-electron chi connectivity index (χ1n) is 8.60. The number of benzene rings is 3. The third kappa shape index (κ3) is 4.61. The summed E-state index contributed by atoms with van der Waals surface area (Å²) in [5, 5.41) is 6.46. The highest BCUT2D eigenvalue weighted by Gasteiger charge is 2.02. The molecule has 1 aromatic heterocycles. The lowest BCUT2D eigenvalue weighted by molar-refractivity contribution is 0.483. The van der Waals surface area contributed by atoms with Crippen LogP contribution in [0.25, 0.3) is 0 Å². The second-order valence-corrected chi connectivity index (χ2v) is 5.82. The zero-order valence-corrected chi connectivity index (χ0v) is 14.5. The van der Waals surface area contributed by atoms with Gasteiger partial charge in [0.05, 0.1) is 0 Å². The van der Waals surface area contributed by atoms with Gasteiger partial charge in [-0.05, 0) is 54.6 Å². The number of anilines is 4. The fraction of sp³-hybridized carbons (Fsp3) is 0. The highest BCUT2D eigenvalue weighted by atomic mass is 16.5. The first kappa shape index (κ1) is 16.6. The van der Waals surface area contributed by atoms with Crippen LogP contribution in [0, 0.1) is 0 Å². The predicted molar refractivity (Wildman–Crippen MR) is 108 cm³/mol. The average molecular weight is 354 g/mol. The largest absolute Gasteiger partial charge is 0.457 e. The number of nitrogens with one attached hydrogen (secondary N) is 2. The van der Waals surface area contributed by atoms with Crippen LogP contribution in [-0.2, 0) is 0 Å². The van der Waals surface area contributed by atoms with Gasteiger partial charge >= 0.3 is 0 Å². The Bertz CT molecular complexity index is 989. The van der Waals surface area contributed by atoms with Crippen LogP contribution in [0.5, 0.6) is 11.5 Å². The molecule has 27 heavy (non-hydrogen) atoms. The fourth-order valence-corrected chi connectivity index (χ4v) is 2.52. The van der Waals surface area contributed by atoms with Gasteiger partial charge in [-0.1, -0.05) is 36.4 Å². The van der Waals surface area contributed by atoms with Crippen molar-refractivity contribution in [2.24, 2.45) is 0 Å². The van der Waals surface area contributed by atoms with Crippen molar-refractivity contribution in [3.63, 3.8) is 0 Å². The van der Waals surface area contributed by atoms with E-state index in [1.165, 1.54) is 0 Å². The van der Waals surface area contributed by atoms with Gasteiger partial charge in [-0.3, -0.25) is 0 Å². The number of para-hydroxylation sites is 2. The van der Waals surface area contributed by atoms with Gasteiger partial charge in [-0.25, -0.2) is 4.98 Å². The molecule has 132 valence electrons. The van der Waals surface area contributed by atoms with E-state index in [2.05, 4.69) is 20.6 Å². The normalized spacial score (nSPS) is 10.2. The number of aromatic nitrogens is 2. The molecule has 3 aromatic carbocycles. The fourth-order valence-electron chi connectivity index (χ4n) is 2.52. The lowest BCUT2D eigenvalue weighted by atomic mass is 10.3. The maximum atomic E-state index is 5.81. The molecule has 0 bridgehead atoms. The van der Waals surface area contributed by atoms with Crippen LogP contribution in [0.15, 0.2) is 97.2 Å². The molecule has 5 heteroatoms. The number of rotatable bonds is 6. The minimum Gasteiger partial charge on any atom is -0.457 e. The van der Waals surface area contributed by atoms with E-state index in [9.17, 15) is 0 Å². The molecular weight excluding hydrogens is 336 g/mol. The maximum absolute atomic E-state index is 5.81. The van der Waals surface area contributed by atoms with Crippen molar-refractivity contribution in [2.75, 3.05) is 10.6 Å². The smallest absolute Gasteiger partial charge is 0.229 e. The summed E-state index contributed by atoms with van der Waals surface area (Å²) < 4.78 is 5.81. The van der Waals surface area contributed by atoms with Gasteiger partial charge in [-0.15, -0.1) is 0 Å². The number of hydrogen-bond acceptors (Lipinski definition) is 5. The molecule has 0 aliphatic carbocycles. The van der Waals surface area contributed by atoms with Crippen molar-refractivity contribution in [2.45, 2.75) is 0 Å². The Morgan fingerprint density at radius 1 is 0.593 bits per heavy atom. The average Bonchev–Trinajstić information content (AvgIpc) is 2.71. The monoisotopic (exact) mass is 354 g/mol. The summed E-state index contributed by atoms with van der Waals surface area (Å²) in [6.45, 7) is 0. The molecule has 0 amide bonds. The van der Waals surface area contributed by atoms with Gasteiger partial charge in [0.2, 0.25) is 5.95 Å². The van der Waals surface area contributed by atoms with Crippen LogP contribution in [0.3, 0.4) is 0 Å². The van der Waals surface area contributed by atoms with E-state index in [4.69, 9.17) is 4.74 Å². The van der Waals surface area contributed by atoms with E-state index in [0.717, 1.165) is 22.9 Å². The molecule has 0 aliphatic heterocycles. The predicted octanol–water partition coefficient (Wildman–Crippen LogP) is 5.76. The highest BCUT2D eigenvalue weighted by molar-refractivity contribution is 5.60. The minimum absolute atomic E-state index is 0.537. The molecule has 0 atom stereocenters. The molecule has 0 fully saturated rings.